The Morgan fingerprint density at radius 1 is 0.404 bits per heavy atom. The maximum atomic E-state index is 12.5. The van der Waals surface area contributed by atoms with Crippen LogP contribution in [0.5, 0.6) is 34.5 Å². The highest BCUT2D eigenvalue weighted by molar-refractivity contribution is 5.84. The zero-order valence-electron chi connectivity index (χ0n) is 32.5. The van der Waals surface area contributed by atoms with Gasteiger partial charge in [0.25, 0.3) is 17.7 Å². The summed E-state index contributed by atoms with van der Waals surface area (Å²) in [6, 6.07) is 10.7. The van der Waals surface area contributed by atoms with Crippen molar-refractivity contribution in [1.82, 2.24) is 16.0 Å². The number of benzene rings is 3. The van der Waals surface area contributed by atoms with Crippen LogP contribution in [0.2, 0.25) is 0 Å². The molecular formula is C39H45N3O15. The molecule has 3 aromatic rings. The van der Waals surface area contributed by atoms with Crippen molar-refractivity contribution in [3.8, 4) is 34.5 Å². The molecule has 1 aliphatic carbocycles. The van der Waals surface area contributed by atoms with E-state index < -0.39 is 55.5 Å². The Hall–Kier alpha value is -6.72. The number of ether oxygens (including phenoxy) is 9. The normalized spacial score (nSPS) is 11.3. The van der Waals surface area contributed by atoms with Gasteiger partial charge in [-0.2, -0.15) is 0 Å². The molecule has 1 aliphatic rings. The number of hydrogen-bond donors (Lipinski definition) is 3. The van der Waals surface area contributed by atoms with Crippen molar-refractivity contribution >= 4 is 35.6 Å². The molecule has 0 spiro atoms. The number of nitrogens with one attached hydrogen (secondary N) is 3. The summed E-state index contributed by atoms with van der Waals surface area (Å²) in [4.78, 5) is 72.0. The molecule has 3 N–H and O–H groups in total. The Kier molecular flexibility index (Phi) is 15.7. The van der Waals surface area contributed by atoms with Crippen molar-refractivity contribution in [2.24, 2.45) is 0 Å². The van der Waals surface area contributed by atoms with Crippen LogP contribution in [0.1, 0.15) is 33.4 Å². The number of rotatable bonds is 18. The Balaban J connectivity index is 1.77. The van der Waals surface area contributed by atoms with Gasteiger partial charge in [0, 0.05) is 0 Å². The summed E-state index contributed by atoms with van der Waals surface area (Å²) < 4.78 is 48.4. The molecule has 0 unspecified atom stereocenters. The van der Waals surface area contributed by atoms with E-state index in [1.165, 1.54) is 42.7 Å². The summed E-state index contributed by atoms with van der Waals surface area (Å²) in [5.74, 6) is -1.67. The first-order valence-corrected chi connectivity index (χ1v) is 17.4. The summed E-state index contributed by atoms with van der Waals surface area (Å²) in [6.07, 6.45) is 1.06. The topological polar surface area (TPSA) is 222 Å². The molecule has 0 saturated carbocycles. The third-order valence-corrected chi connectivity index (χ3v) is 8.65. The number of carbonyl (C=O) groups is 6. The second-order valence-corrected chi connectivity index (χ2v) is 12.3. The lowest BCUT2D eigenvalue weighted by Gasteiger charge is -2.18. The Morgan fingerprint density at radius 2 is 0.632 bits per heavy atom. The van der Waals surface area contributed by atoms with Crippen LogP contribution < -0.4 is 44.4 Å². The van der Waals surface area contributed by atoms with E-state index in [4.69, 9.17) is 28.4 Å². The molecule has 0 heterocycles. The molecule has 18 heteroatoms. The van der Waals surface area contributed by atoms with Gasteiger partial charge in [0.2, 0.25) is 0 Å². The smallest absolute Gasteiger partial charge is 0.325 e. The van der Waals surface area contributed by atoms with Crippen molar-refractivity contribution in [3.63, 3.8) is 0 Å². The Labute approximate surface area is 328 Å². The maximum Gasteiger partial charge on any atom is 0.325 e. The van der Waals surface area contributed by atoms with Gasteiger partial charge in [0.15, 0.2) is 54.3 Å². The standard InChI is InChI=1S/C39H45N3O15/c1-49-28-10-22-7-26-14-32(56-20-35(44)41-17-38(47)53-5)30(51-3)12-24(26)9-27-15-33(57-21-36(45)42-18-39(48)54-6)29(50-2)11-23(27)8-25(22)13-31(28)55-19-34(43)40-16-37(46)52-4/h10-15H,7-9,16-21H2,1-6H3,(H,40,43)(H,41,44)(H,42,45). The quantitative estimate of drug-likeness (QED) is 0.0937. The lowest BCUT2D eigenvalue weighted by Crippen LogP contribution is -2.33. The Morgan fingerprint density at radius 3 is 0.842 bits per heavy atom. The van der Waals surface area contributed by atoms with E-state index in [0.29, 0.717) is 36.5 Å². The number of esters is 3. The zero-order chi connectivity index (χ0) is 41.5. The van der Waals surface area contributed by atoms with Gasteiger partial charge in [0.05, 0.1) is 42.7 Å². The third kappa shape index (κ3) is 12.1. The van der Waals surface area contributed by atoms with Gasteiger partial charge < -0.3 is 58.6 Å². The second-order valence-electron chi connectivity index (χ2n) is 12.3. The Bertz CT molecular complexity index is 1760. The number of carbonyl (C=O) groups excluding carboxylic acids is 6. The highest BCUT2D eigenvalue weighted by Crippen LogP contribution is 2.41. The highest BCUT2D eigenvalue weighted by atomic mass is 16.5. The molecule has 4 rings (SSSR count). The van der Waals surface area contributed by atoms with E-state index in [9.17, 15) is 28.8 Å². The zero-order valence-corrected chi connectivity index (χ0v) is 32.5. The predicted molar refractivity (Wildman–Crippen MR) is 199 cm³/mol. The monoisotopic (exact) mass is 795 g/mol. The van der Waals surface area contributed by atoms with Gasteiger partial charge in [-0.25, -0.2) is 0 Å². The minimum atomic E-state index is -0.615. The van der Waals surface area contributed by atoms with Crippen LogP contribution in [0.3, 0.4) is 0 Å². The van der Waals surface area contributed by atoms with Gasteiger partial charge in [0.1, 0.15) is 19.6 Å². The lowest BCUT2D eigenvalue weighted by atomic mass is 9.94. The largest absolute Gasteiger partial charge is 0.493 e. The third-order valence-electron chi connectivity index (χ3n) is 8.65. The van der Waals surface area contributed by atoms with Crippen LogP contribution in [-0.2, 0) is 62.2 Å². The van der Waals surface area contributed by atoms with E-state index in [2.05, 4.69) is 30.2 Å². The van der Waals surface area contributed by atoms with Gasteiger partial charge in [-0.15, -0.1) is 0 Å². The van der Waals surface area contributed by atoms with Crippen molar-refractivity contribution < 1.29 is 71.4 Å². The molecule has 0 atom stereocenters. The van der Waals surface area contributed by atoms with Crippen LogP contribution in [0.25, 0.3) is 0 Å². The van der Waals surface area contributed by atoms with Crippen molar-refractivity contribution in [2.75, 3.05) is 82.1 Å². The van der Waals surface area contributed by atoms with Crippen LogP contribution in [0, 0.1) is 0 Å². The molecule has 3 amide bonds. The van der Waals surface area contributed by atoms with Gasteiger partial charge in [-0.3, -0.25) is 28.8 Å². The van der Waals surface area contributed by atoms with E-state index in [1.54, 1.807) is 36.4 Å². The molecule has 3 aromatic carbocycles. The van der Waals surface area contributed by atoms with E-state index in [-0.39, 0.29) is 36.9 Å². The molecule has 18 nitrogen and oxygen atoms in total. The number of hydrogen-bond acceptors (Lipinski definition) is 15. The van der Waals surface area contributed by atoms with Gasteiger partial charge in [-0.1, -0.05) is 0 Å². The number of methoxy groups -OCH3 is 6. The fourth-order valence-corrected chi connectivity index (χ4v) is 5.66. The van der Waals surface area contributed by atoms with Crippen molar-refractivity contribution in [1.29, 1.82) is 0 Å². The first-order chi connectivity index (χ1) is 27.4. The van der Waals surface area contributed by atoms with E-state index in [1.807, 2.05) is 0 Å². The summed E-state index contributed by atoms with van der Waals surface area (Å²) in [5, 5.41) is 7.30. The molecule has 0 aliphatic heterocycles. The summed E-state index contributed by atoms with van der Waals surface area (Å²) >= 11 is 0. The minimum Gasteiger partial charge on any atom is -0.493 e. The first-order valence-electron chi connectivity index (χ1n) is 17.4. The first kappa shape index (κ1) is 43.0. The van der Waals surface area contributed by atoms with Gasteiger partial charge >= 0.3 is 17.9 Å². The highest BCUT2D eigenvalue weighted by Gasteiger charge is 2.24. The molecule has 0 saturated heterocycles. The number of amides is 3. The average Bonchev–Trinajstić information content (AvgIpc) is 3.28. The molecule has 0 radical (unpaired) electrons. The predicted octanol–water partition coefficient (Wildman–Crippen LogP) is 0.802. The van der Waals surface area contributed by atoms with Crippen LogP contribution in [0.15, 0.2) is 36.4 Å². The molecule has 57 heavy (non-hydrogen) atoms. The maximum absolute atomic E-state index is 12.5. The van der Waals surface area contributed by atoms with Gasteiger partial charge in [-0.05, 0) is 89.0 Å². The molecule has 0 fully saturated rings. The van der Waals surface area contributed by atoms with E-state index >= 15 is 0 Å². The molecule has 0 bridgehead atoms. The second kappa shape index (κ2) is 20.8. The summed E-state index contributed by atoms with van der Waals surface area (Å²) in [6.45, 7) is -2.22. The summed E-state index contributed by atoms with van der Waals surface area (Å²) in [7, 11) is 8.03. The molecule has 0 aromatic heterocycles. The SMILES string of the molecule is COC(=O)CNC(=O)COc1cc2c(cc1OC)Cc1cc(OCC(=O)NCC(=O)OC)c(OC)cc1Cc1cc(OCC(=O)NCC(=O)OC)c(OC)cc1C2. The average molecular weight is 796 g/mol. The van der Waals surface area contributed by atoms with Crippen molar-refractivity contribution in [3.05, 3.63) is 69.8 Å². The minimum absolute atomic E-state index is 0.270. The lowest BCUT2D eigenvalue weighted by molar-refractivity contribution is -0.141. The summed E-state index contributed by atoms with van der Waals surface area (Å²) in [5.41, 5.74) is 4.89. The number of fused-ring (bicyclic) bond motifs is 3. The fraction of sp³-hybridized carbons (Fsp3) is 0.385. The van der Waals surface area contributed by atoms with Crippen molar-refractivity contribution in [2.45, 2.75) is 19.3 Å². The fourth-order valence-electron chi connectivity index (χ4n) is 5.66. The van der Waals surface area contributed by atoms with Crippen LogP contribution in [-0.4, -0.2) is 118 Å². The molecular weight excluding hydrogens is 750 g/mol. The van der Waals surface area contributed by atoms with E-state index in [0.717, 1.165) is 33.4 Å². The van der Waals surface area contributed by atoms with Crippen LogP contribution in [0.4, 0.5) is 0 Å². The van der Waals surface area contributed by atoms with Crippen LogP contribution >= 0.6 is 0 Å². The molecule has 306 valence electrons.